The molecule has 2 aliphatic rings. The molecule has 1 saturated heterocycles. The number of hydrogen-bond acceptors (Lipinski definition) is 3. The van der Waals surface area contributed by atoms with Gasteiger partial charge in [0.25, 0.3) is 0 Å². The SMILES string of the molecule is CC(=O)N1CC(C(=O)N2CC(N(C)C)Cc3ccccc32)C1. The van der Waals surface area contributed by atoms with Gasteiger partial charge in [0.1, 0.15) is 0 Å². The van der Waals surface area contributed by atoms with E-state index in [1.165, 1.54) is 5.56 Å². The monoisotopic (exact) mass is 301 g/mol. The third-order valence-electron chi connectivity index (χ3n) is 4.80. The predicted molar refractivity (Wildman–Crippen MR) is 85.7 cm³/mol. The first-order valence-electron chi connectivity index (χ1n) is 7.78. The van der Waals surface area contributed by atoms with E-state index < -0.39 is 0 Å². The first-order valence-corrected chi connectivity index (χ1v) is 7.78. The maximum absolute atomic E-state index is 12.8. The van der Waals surface area contributed by atoms with Gasteiger partial charge in [0.2, 0.25) is 11.8 Å². The van der Waals surface area contributed by atoms with Crippen LogP contribution in [-0.4, -0.2) is 61.4 Å². The zero-order chi connectivity index (χ0) is 15.9. The summed E-state index contributed by atoms with van der Waals surface area (Å²) in [6.45, 7) is 3.39. The van der Waals surface area contributed by atoms with Crippen molar-refractivity contribution in [2.75, 3.05) is 38.6 Å². The minimum Gasteiger partial charge on any atom is -0.341 e. The molecule has 2 heterocycles. The molecule has 22 heavy (non-hydrogen) atoms. The molecule has 0 bridgehead atoms. The average molecular weight is 301 g/mol. The van der Waals surface area contributed by atoms with Gasteiger partial charge in [0, 0.05) is 38.3 Å². The van der Waals surface area contributed by atoms with Crippen LogP contribution in [0.3, 0.4) is 0 Å². The predicted octanol–water partition coefficient (Wildman–Crippen LogP) is 0.984. The Kier molecular flexibility index (Phi) is 3.91. The van der Waals surface area contributed by atoms with Crippen molar-refractivity contribution in [2.45, 2.75) is 19.4 Å². The molecule has 1 aromatic rings. The lowest BCUT2D eigenvalue weighted by molar-refractivity contribution is -0.140. The Morgan fingerprint density at radius 3 is 2.45 bits per heavy atom. The lowest BCUT2D eigenvalue weighted by Gasteiger charge is -2.43. The maximum atomic E-state index is 12.8. The summed E-state index contributed by atoms with van der Waals surface area (Å²) in [6.07, 6.45) is 0.969. The zero-order valence-electron chi connectivity index (χ0n) is 13.5. The van der Waals surface area contributed by atoms with Crippen LogP contribution in [0.2, 0.25) is 0 Å². The molecule has 1 unspecified atom stereocenters. The van der Waals surface area contributed by atoms with E-state index in [0.29, 0.717) is 19.1 Å². The van der Waals surface area contributed by atoms with Crippen LogP contribution >= 0.6 is 0 Å². The van der Waals surface area contributed by atoms with Crippen LogP contribution in [0.15, 0.2) is 24.3 Å². The summed E-state index contributed by atoms with van der Waals surface area (Å²) < 4.78 is 0. The molecule has 0 radical (unpaired) electrons. The van der Waals surface area contributed by atoms with Crippen LogP contribution < -0.4 is 4.90 Å². The fourth-order valence-electron chi connectivity index (χ4n) is 3.24. The lowest BCUT2D eigenvalue weighted by atomic mass is 9.93. The molecule has 3 rings (SSSR count). The van der Waals surface area contributed by atoms with Gasteiger partial charge >= 0.3 is 0 Å². The van der Waals surface area contributed by atoms with E-state index in [4.69, 9.17) is 0 Å². The number of carbonyl (C=O) groups excluding carboxylic acids is 2. The van der Waals surface area contributed by atoms with Crippen molar-refractivity contribution in [2.24, 2.45) is 5.92 Å². The first kappa shape index (κ1) is 15.0. The normalized spacial score (nSPS) is 21.5. The smallest absolute Gasteiger partial charge is 0.233 e. The van der Waals surface area contributed by atoms with Crippen LogP contribution in [0, 0.1) is 5.92 Å². The maximum Gasteiger partial charge on any atom is 0.233 e. The van der Waals surface area contributed by atoms with E-state index in [-0.39, 0.29) is 17.7 Å². The molecule has 0 spiro atoms. The second-order valence-corrected chi connectivity index (χ2v) is 6.52. The summed E-state index contributed by atoms with van der Waals surface area (Å²) in [5.74, 6) is 0.142. The number of rotatable bonds is 2. The minimum absolute atomic E-state index is 0.0502. The molecule has 0 N–H and O–H groups in total. The molecule has 5 nitrogen and oxygen atoms in total. The van der Waals surface area contributed by atoms with E-state index in [9.17, 15) is 9.59 Å². The van der Waals surface area contributed by atoms with E-state index in [0.717, 1.165) is 18.7 Å². The van der Waals surface area contributed by atoms with Crippen molar-refractivity contribution < 1.29 is 9.59 Å². The quantitative estimate of drug-likeness (QED) is 0.818. The minimum atomic E-state index is -0.0575. The van der Waals surface area contributed by atoms with Crippen molar-refractivity contribution in [1.82, 2.24) is 9.80 Å². The fraction of sp³-hybridized carbons (Fsp3) is 0.529. The molecule has 1 atom stereocenters. The first-order chi connectivity index (χ1) is 10.5. The van der Waals surface area contributed by atoms with Gasteiger partial charge in [-0.2, -0.15) is 0 Å². The highest BCUT2D eigenvalue weighted by molar-refractivity contribution is 5.98. The zero-order valence-corrected chi connectivity index (χ0v) is 13.5. The molecular weight excluding hydrogens is 278 g/mol. The lowest BCUT2D eigenvalue weighted by Crippen LogP contribution is -2.58. The van der Waals surface area contributed by atoms with Gasteiger partial charge in [-0.25, -0.2) is 0 Å². The van der Waals surface area contributed by atoms with Crippen LogP contribution in [0.4, 0.5) is 5.69 Å². The number of benzene rings is 1. The van der Waals surface area contributed by atoms with Crippen molar-refractivity contribution in [1.29, 1.82) is 0 Å². The topological polar surface area (TPSA) is 43.9 Å². The molecule has 1 aromatic carbocycles. The summed E-state index contributed by atoms with van der Waals surface area (Å²) >= 11 is 0. The van der Waals surface area contributed by atoms with Gasteiger partial charge in [-0.3, -0.25) is 9.59 Å². The molecule has 0 aliphatic carbocycles. The average Bonchev–Trinajstić information content (AvgIpc) is 2.43. The number of carbonyl (C=O) groups is 2. The number of anilines is 1. The highest BCUT2D eigenvalue weighted by Crippen LogP contribution is 2.31. The van der Waals surface area contributed by atoms with E-state index in [1.54, 1.807) is 11.8 Å². The highest BCUT2D eigenvalue weighted by Gasteiger charge is 2.39. The molecule has 5 heteroatoms. The van der Waals surface area contributed by atoms with Crippen molar-refractivity contribution in [3.05, 3.63) is 29.8 Å². The fourth-order valence-corrected chi connectivity index (χ4v) is 3.24. The Morgan fingerprint density at radius 1 is 1.14 bits per heavy atom. The molecule has 2 amide bonds. The Hall–Kier alpha value is -1.88. The Morgan fingerprint density at radius 2 is 1.82 bits per heavy atom. The summed E-state index contributed by atoms with van der Waals surface area (Å²) in [4.78, 5) is 30.0. The van der Waals surface area contributed by atoms with Gasteiger partial charge < -0.3 is 14.7 Å². The third kappa shape index (κ3) is 2.61. The molecule has 118 valence electrons. The highest BCUT2D eigenvalue weighted by atomic mass is 16.2. The molecule has 1 fully saturated rings. The number of likely N-dealkylation sites (tertiary alicyclic amines) is 1. The standard InChI is InChI=1S/C17H23N3O2/c1-12(21)19-9-14(10-19)17(22)20-11-15(18(2)3)8-13-6-4-5-7-16(13)20/h4-7,14-15H,8-11H2,1-3H3. The van der Waals surface area contributed by atoms with E-state index in [1.807, 2.05) is 23.1 Å². The second-order valence-electron chi connectivity index (χ2n) is 6.52. The Balaban J connectivity index is 1.80. The van der Waals surface area contributed by atoms with Crippen LogP contribution in [0.5, 0.6) is 0 Å². The number of amides is 2. The number of hydrogen-bond donors (Lipinski definition) is 0. The van der Waals surface area contributed by atoms with Gasteiger partial charge in [-0.05, 0) is 32.1 Å². The summed E-state index contributed by atoms with van der Waals surface area (Å²) in [5, 5.41) is 0. The number of fused-ring (bicyclic) bond motifs is 1. The summed E-state index contributed by atoms with van der Waals surface area (Å²) in [7, 11) is 4.12. The van der Waals surface area contributed by atoms with Gasteiger partial charge in [-0.15, -0.1) is 0 Å². The van der Waals surface area contributed by atoms with Crippen molar-refractivity contribution in [3.63, 3.8) is 0 Å². The number of likely N-dealkylation sites (N-methyl/N-ethyl adjacent to an activating group) is 1. The van der Waals surface area contributed by atoms with Gasteiger partial charge in [0.15, 0.2) is 0 Å². The van der Waals surface area contributed by atoms with Gasteiger partial charge in [0.05, 0.1) is 5.92 Å². The second kappa shape index (κ2) is 5.72. The molecule has 0 saturated carbocycles. The van der Waals surface area contributed by atoms with Crippen LogP contribution in [0.25, 0.3) is 0 Å². The molecule has 2 aliphatic heterocycles. The van der Waals surface area contributed by atoms with Crippen LogP contribution in [0.1, 0.15) is 12.5 Å². The van der Waals surface area contributed by atoms with Gasteiger partial charge in [-0.1, -0.05) is 18.2 Å². The van der Waals surface area contributed by atoms with E-state index in [2.05, 4.69) is 25.1 Å². The largest absolute Gasteiger partial charge is 0.341 e. The third-order valence-corrected chi connectivity index (χ3v) is 4.80. The van der Waals surface area contributed by atoms with Crippen molar-refractivity contribution >= 4 is 17.5 Å². The molecular formula is C17H23N3O2. The summed E-state index contributed by atoms with van der Waals surface area (Å²) in [6, 6.07) is 8.48. The number of para-hydroxylation sites is 1. The molecule has 0 aromatic heterocycles. The van der Waals surface area contributed by atoms with Crippen molar-refractivity contribution in [3.8, 4) is 0 Å². The Bertz CT molecular complexity index is 593. The Labute approximate surface area is 131 Å². The van der Waals surface area contributed by atoms with E-state index >= 15 is 0 Å². The van der Waals surface area contributed by atoms with Crippen LogP contribution in [-0.2, 0) is 16.0 Å². The number of nitrogens with zero attached hydrogens (tertiary/aromatic N) is 3. The summed E-state index contributed by atoms with van der Waals surface area (Å²) in [5.41, 5.74) is 2.26.